The number of aryl methyl sites for hydroxylation is 1. The van der Waals surface area contributed by atoms with Crippen LogP contribution in [0, 0.1) is 18.7 Å². The van der Waals surface area contributed by atoms with Crippen molar-refractivity contribution in [3.63, 3.8) is 0 Å². The quantitative estimate of drug-likeness (QED) is 0.609. The van der Waals surface area contributed by atoms with Gasteiger partial charge in [0.25, 0.3) is 0 Å². The fraction of sp³-hybridized carbons (Fsp3) is 0.318. The fourth-order valence-corrected chi connectivity index (χ4v) is 5.22. The Bertz CT molecular complexity index is 1210. The van der Waals surface area contributed by atoms with E-state index in [0.29, 0.717) is 25.2 Å². The van der Waals surface area contributed by atoms with Crippen molar-refractivity contribution in [2.75, 3.05) is 13.1 Å². The van der Waals surface area contributed by atoms with Crippen molar-refractivity contribution >= 4 is 15.9 Å². The minimum Gasteiger partial charge on any atom is -0.347 e. The van der Waals surface area contributed by atoms with Gasteiger partial charge in [-0.3, -0.25) is 4.79 Å². The Morgan fingerprint density at radius 2 is 1.97 bits per heavy atom. The number of hydrogen-bond acceptors (Lipinski definition) is 6. The zero-order valence-corrected chi connectivity index (χ0v) is 18.3. The van der Waals surface area contributed by atoms with Gasteiger partial charge >= 0.3 is 0 Å². The molecule has 8 nitrogen and oxygen atoms in total. The number of aromatic nitrogens is 2. The summed E-state index contributed by atoms with van der Waals surface area (Å²) in [6.07, 6.45) is 1.12. The van der Waals surface area contributed by atoms with Crippen LogP contribution in [0.1, 0.15) is 24.3 Å². The van der Waals surface area contributed by atoms with E-state index in [1.54, 1.807) is 0 Å². The van der Waals surface area contributed by atoms with Gasteiger partial charge in [0.1, 0.15) is 5.82 Å². The van der Waals surface area contributed by atoms with Gasteiger partial charge in [-0.05, 0) is 49.6 Å². The minimum absolute atomic E-state index is 0.00885. The molecule has 0 spiro atoms. The average Bonchev–Trinajstić information content (AvgIpc) is 3.27. The lowest BCUT2D eigenvalue weighted by Crippen LogP contribution is -2.45. The normalized spacial score (nSPS) is 17.2. The van der Waals surface area contributed by atoms with Crippen LogP contribution >= 0.6 is 0 Å². The summed E-state index contributed by atoms with van der Waals surface area (Å²) in [6.45, 7) is 2.37. The van der Waals surface area contributed by atoms with Crippen LogP contribution < -0.4 is 5.32 Å². The number of sulfonamides is 1. The van der Waals surface area contributed by atoms with Gasteiger partial charge in [-0.15, -0.1) is 0 Å². The second kappa shape index (κ2) is 9.17. The van der Waals surface area contributed by atoms with Crippen LogP contribution in [0.15, 0.2) is 57.9 Å². The maximum absolute atomic E-state index is 13.1. The second-order valence-electron chi connectivity index (χ2n) is 7.70. The predicted molar refractivity (Wildman–Crippen MR) is 114 cm³/mol. The highest BCUT2D eigenvalue weighted by atomic mass is 32.2. The molecule has 168 valence electrons. The van der Waals surface area contributed by atoms with Crippen LogP contribution in [0.25, 0.3) is 11.4 Å². The maximum Gasteiger partial charge on any atom is 0.246 e. The lowest BCUT2D eigenvalue weighted by Gasteiger charge is -2.31. The molecule has 4 rings (SSSR count). The van der Waals surface area contributed by atoms with Crippen LogP contribution in [0.2, 0.25) is 0 Å². The summed E-state index contributed by atoms with van der Waals surface area (Å²) in [5.41, 5.74) is 1.86. The first kappa shape index (κ1) is 22.1. The zero-order valence-electron chi connectivity index (χ0n) is 17.5. The number of carbonyl (C=O) groups excluding carboxylic acids is 1. The van der Waals surface area contributed by atoms with Gasteiger partial charge in [0.05, 0.1) is 17.4 Å². The Morgan fingerprint density at radius 1 is 1.22 bits per heavy atom. The first-order valence-corrected chi connectivity index (χ1v) is 11.7. The van der Waals surface area contributed by atoms with Crippen LogP contribution in [-0.2, 0) is 21.4 Å². The van der Waals surface area contributed by atoms with Crippen LogP contribution in [0.4, 0.5) is 4.39 Å². The van der Waals surface area contributed by atoms with Gasteiger partial charge in [0.15, 0.2) is 0 Å². The molecule has 1 aliphatic rings. The highest BCUT2D eigenvalue weighted by molar-refractivity contribution is 7.89. The number of nitrogens with one attached hydrogen (secondary N) is 1. The van der Waals surface area contributed by atoms with E-state index in [1.165, 1.54) is 16.4 Å². The largest absolute Gasteiger partial charge is 0.347 e. The molecule has 0 bridgehead atoms. The topological polar surface area (TPSA) is 105 Å². The van der Waals surface area contributed by atoms with Crippen molar-refractivity contribution in [2.24, 2.45) is 5.92 Å². The van der Waals surface area contributed by atoms with Crippen molar-refractivity contribution in [1.29, 1.82) is 0 Å². The van der Waals surface area contributed by atoms with Crippen molar-refractivity contribution in [3.05, 3.63) is 65.8 Å². The average molecular weight is 459 g/mol. The third kappa shape index (κ3) is 4.71. The minimum atomic E-state index is -3.80. The van der Waals surface area contributed by atoms with E-state index in [9.17, 15) is 17.6 Å². The molecule has 1 aliphatic heterocycles. The fourth-order valence-electron chi connectivity index (χ4n) is 3.70. The highest BCUT2D eigenvalue weighted by Gasteiger charge is 2.33. The molecule has 1 aromatic heterocycles. The molecular formula is C22H23FN4O4S. The zero-order chi connectivity index (χ0) is 22.7. The van der Waals surface area contributed by atoms with E-state index in [-0.39, 0.29) is 29.8 Å². The van der Waals surface area contributed by atoms with Gasteiger partial charge < -0.3 is 9.84 Å². The maximum atomic E-state index is 13.1. The van der Waals surface area contributed by atoms with Gasteiger partial charge in [0.2, 0.25) is 27.6 Å². The molecule has 1 atom stereocenters. The Balaban J connectivity index is 1.38. The number of hydrogen-bond donors (Lipinski definition) is 1. The van der Waals surface area contributed by atoms with E-state index >= 15 is 0 Å². The Hall–Kier alpha value is -3.11. The summed E-state index contributed by atoms with van der Waals surface area (Å²) in [4.78, 5) is 17.0. The molecule has 2 aromatic carbocycles. The van der Waals surface area contributed by atoms with E-state index < -0.39 is 21.8 Å². The second-order valence-corrected chi connectivity index (χ2v) is 9.64. The van der Waals surface area contributed by atoms with Crippen molar-refractivity contribution in [1.82, 2.24) is 19.8 Å². The van der Waals surface area contributed by atoms with E-state index in [4.69, 9.17) is 4.52 Å². The molecule has 0 saturated carbocycles. The third-order valence-electron chi connectivity index (χ3n) is 5.47. The van der Waals surface area contributed by atoms with Crippen LogP contribution in [-0.4, -0.2) is 41.9 Å². The van der Waals surface area contributed by atoms with Gasteiger partial charge in [0, 0.05) is 18.7 Å². The molecule has 10 heteroatoms. The smallest absolute Gasteiger partial charge is 0.246 e. The summed E-state index contributed by atoms with van der Waals surface area (Å²) in [7, 11) is -3.80. The first-order valence-electron chi connectivity index (χ1n) is 10.3. The molecule has 3 aromatic rings. The summed E-state index contributed by atoms with van der Waals surface area (Å²) in [5, 5.41) is 6.73. The number of benzene rings is 2. The summed E-state index contributed by atoms with van der Waals surface area (Å²) in [5.74, 6) is -0.575. The van der Waals surface area contributed by atoms with E-state index in [2.05, 4.69) is 15.5 Å². The molecule has 1 fully saturated rings. The number of piperidine rings is 1. The third-order valence-corrected chi connectivity index (χ3v) is 7.35. The predicted octanol–water partition coefficient (Wildman–Crippen LogP) is 2.90. The van der Waals surface area contributed by atoms with E-state index in [1.807, 2.05) is 31.2 Å². The lowest BCUT2D eigenvalue weighted by molar-refractivity contribution is -0.126. The molecule has 1 saturated heterocycles. The molecule has 1 amide bonds. The molecular weight excluding hydrogens is 435 g/mol. The van der Waals surface area contributed by atoms with Crippen molar-refractivity contribution in [2.45, 2.75) is 31.2 Å². The number of halogens is 1. The number of rotatable bonds is 6. The van der Waals surface area contributed by atoms with Gasteiger partial charge in [-0.1, -0.05) is 29.4 Å². The highest BCUT2D eigenvalue weighted by Crippen LogP contribution is 2.24. The summed E-state index contributed by atoms with van der Waals surface area (Å²) in [6, 6.07) is 12.3. The Labute approximate surface area is 185 Å². The standard InChI is InChI=1S/C22H23FN4O4S/c1-15-5-2-3-7-19(15)21-25-20(31-26-21)13-24-22(28)16-6-4-12-27(14-16)32(29,30)18-10-8-17(23)9-11-18/h2-3,5,7-11,16H,4,6,12-14H2,1H3,(H,24,28)/t16-/m1/s1. The molecule has 0 radical (unpaired) electrons. The summed E-state index contributed by atoms with van der Waals surface area (Å²) < 4.78 is 45.4. The van der Waals surface area contributed by atoms with Crippen LogP contribution in [0.3, 0.4) is 0 Å². The number of nitrogens with zero attached hydrogens (tertiary/aromatic N) is 3. The van der Waals surface area contributed by atoms with Gasteiger partial charge in [-0.25, -0.2) is 12.8 Å². The monoisotopic (exact) mass is 458 g/mol. The molecule has 2 heterocycles. The Kier molecular flexibility index (Phi) is 6.33. The van der Waals surface area contributed by atoms with Gasteiger partial charge in [-0.2, -0.15) is 9.29 Å². The van der Waals surface area contributed by atoms with Crippen molar-refractivity contribution < 1.29 is 22.1 Å². The molecule has 32 heavy (non-hydrogen) atoms. The van der Waals surface area contributed by atoms with Crippen LogP contribution in [0.5, 0.6) is 0 Å². The Morgan fingerprint density at radius 3 is 2.72 bits per heavy atom. The number of carbonyl (C=O) groups is 1. The summed E-state index contributed by atoms with van der Waals surface area (Å²) >= 11 is 0. The first-order chi connectivity index (χ1) is 15.3. The SMILES string of the molecule is Cc1ccccc1-c1noc(CNC(=O)[C@@H]2CCCN(S(=O)(=O)c3ccc(F)cc3)C2)n1. The molecule has 0 unspecified atom stereocenters. The van der Waals surface area contributed by atoms with Crippen molar-refractivity contribution in [3.8, 4) is 11.4 Å². The molecule has 1 N–H and O–H groups in total. The lowest BCUT2D eigenvalue weighted by atomic mass is 9.99. The molecule has 0 aliphatic carbocycles. The number of amides is 1. The van der Waals surface area contributed by atoms with E-state index in [0.717, 1.165) is 23.3 Å².